The summed E-state index contributed by atoms with van der Waals surface area (Å²) in [4.78, 5) is 15.4. The van der Waals surface area contributed by atoms with Crippen LogP contribution >= 0.6 is 0 Å². The van der Waals surface area contributed by atoms with Gasteiger partial charge in [0.25, 0.3) is 5.56 Å². The number of aromatic nitrogens is 3. The molecule has 0 spiro atoms. The first kappa shape index (κ1) is 23.4. The van der Waals surface area contributed by atoms with Gasteiger partial charge in [-0.15, -0.1) is 0 Å². The molecular weight excluding hydrogens is 459 g/mol. The molecule has 0 bridgehead atoms. The number of aromatic amines is 1. The molecule has 35 heavy (non-hydrogen) atoms. The molecule has 3 atom stereocenters. The molecule has 2 aromatic heterocycles. The number of halogens is 3. The van der Waals surface area contributed by atoms with Crippen molar-refractivity contribution in [3.05, 3.63) is 51.9 Å². The normalized spacial score (nSPS) is 21.6. The fourth-order valence-corrected chi connectivity index (χ4v) is 5.07. The van der Waals surface area contributed by atoms with E-state index >= 15 is 0 Å². The van der Waals surface area contributed by atoms with Crippen LogP contribution in [0.1, 0.15) is 61.8 Å². The standard InChI is InChI=1S/C25H26F3N5O2/c26-25(27,28)22(34)18-8-7-17(12-16(18)11-14-5-6-14)31-23-21-20(9-10-30-24(21)35)33(32-23)19-4-2-1-3-15(19)13-29/h7-10,12,14-15,19,22,34H,1-6,11H2,(H,30,35)(H,31,32). The highest BCUT2D eigenvalue weighted by Gasteiger charge is 2.41. The van der Waals surface area contributed by atoms with Crippen molar-refractivity contribution in [2.75, 3.05) is 5.32 Å². The van der Waals surface area contributed by atoms with E-state index < -0.39 is 12.3 Å². The Bertz CT molecular complexity index is 1340. The topological polar surface area (TPSA) is 107 Å². The van der Waals surface area contributed by atoms with E-state index in [1.165, 1.54) is 18.3 Å². The highest BCUT2D eigenvalue weighted by Crippen LogP contribution is 2.40. The molecule has 1 aromatic carbocycles. The van der Waals surface area contributed by atoms with Crippen LogP contribution < -0.4 is 10.9 Å². The second kappa shape index (κ2) is 9.04. The summed E-state index contributed by atoms with van der Waals surface area (Å²) >= 11 is 0. The fourth-order valence-electron chi connectivity index (χ4n) is 5.07. The third-order valence-electron chi connectivity index (χ3n) is 7.06. The van der Waals surface area contributed by atoms with Crippen LogP contribution in [-0.2, 0) is 6.42 Å². The van der Waals surface area contributed by atoms with Crippen LogP contribution in [0.4, 0.5) is 24.7 Å². The molecule has 3 aromatic rings. The highest BCUT2D eigenvalue weighted by molar-refractivity contribution is 5.91. The van der Waals surface area contributed by atoms with Crippen molar-refractivity contribution in [2.24, 2.45) is 11.8 Å². The second-order valence-corrected chi connectivity index (χ2v) is 9.58. The Kier molecular flexibility index (Phi) is 6.05. The van der Waals surface area contributed by atoms with E-state index in [0.29, 0.717) is 34.5 Å². The van der Waals surface area contributed by atoms with Gasteiger partial charge >= 0.3 is 6.18 Å². The van der Waals surface area contributed by atoms with Gasteiger partial charge in [0.2, 0.25) is 0 Å². The Hall–Kier alpha value is -3.32. The number of aliphatic hydroxyl groups excluding tert-OH is 1. The van der Waals surface area contributed by atoms with Crippen LogP contribution in [0.2, 0.25) is 0 Å². The van der Waals surface area contributed by atoms with Gasteiger partial charge in [-0.05, 0) is 67.3 Å². The highest BCUT2D eigenvalue weighted by atomic mass is 19.4. The average molecular weight is 486 g/mol. The Labute approximate surface area is 199 Å². The largest absolute Gasteiger partial charge is 0.418 e. The molecule has 0 saturated heterocycles. The van der Waals surface area contributed by atoms with Crippen LogP contribution in [0.15, 0.2) is 35.3 Å². The van der Waals surface area contributed by atoms with Gasteiger partial charge in [0.1, 0.15) is 5.39 Å². The molecule has 0 aliphatic heterocycles. The van der Waals surface area contributed by atoms with E-state index in [-0.39, 0.29) is 28.9 Å². The summed E-state index contributed by atoms with van der Waals surface area (Å²) < 4.78 is 41.4. The number of rotatable bonds is 6. The summed E-state index contributed by atoms with van der Waals surface area (Å²) in [6.45, 7) is 0. The van der Waals surface area contributed by atoms with E-state index in [0.717, 1.165) is 38.5 Å². The lowest BCUT2D eigenvalue weighted by Gasteiger charge is -2.27. The molecule has 10 heteroatoms. The number of H-pyrrole nitrogens is 1. The third kappa shape index (κ3) is 4.65. The number of benzene rings is 1. The minimum Gasteiger partial charge on any atom is -0.379 e. The van der Waals surface area contributed by atoms with Crippen molar-refractivity contribution in [1.82, 2.24) is 14.8 Å². The lowest BCUT2D eigenvalue weighted by Crippen LogP contribution is -2.23. The first-order chi connectivity index (χ1) is 16.8. The lowest BCUT2D eigenvalue weighted by molar-refractivity contribution is -0.207. The van der Waals surface area contributed by atoms with Crippen molar-refractivity contribution >= 4 is 22.4 Å². The molecule has 2 heterocycles. The van der Waals surface area contributed by atoms with Gasteiger partial charge in [0.05, 0.1) is 23.5 Å². The van der Waals surface area contributed by atoms with Crippen LogP contribution in [-0.4, -0.2) is 26.0 Å². The van der Waals surface area contributed by atoms with E-state index in [9.17, 15) is 28.3 Å². The summed E-state index contributed by atoms with van der Waals surface area (Å²) in [5, 5.41) is 27.7. The number of nitrogens with one attached hydrogen (secondary N) is 2. The number of fused-ring (bicyclic) bond motifs is 1. The van der Waals surface area contributed by atoms with Gasteiger partial charge in [-0.2, -0.15) is 23.5 Å². The van der Waals surface area contributed by atoms with Gasteiger partial charge in [-0.25, -0.2) is 0 Å². The molecule has 184 valence electrons. The third-order valence-corrected chi connectivity index (χ3v) is 7.06. The van der Waals surface area contributed by atoms with Crippen molar-refractivity contribution in [3.63, 3.8) is 0 Å². The molecule has 2 fully saturated rings. The van der Waals surface area contributed by atoms with E-state index in [2.05, 4.69) is 21.5 Å². The van der Waals surface area contributed by atoms with Crippen molar-refractivity contribution < 1.29 is 18.3 Å². The predicted molar refractivity (Wildman–Crippen MR) is 124 cm³/mol. The minimum atomic E-state index is -4.76. The molecule has 0 radical (unpaired) electrons. The fraction of sp³-hybridized carbons (Fsp3) is 0.480. The predicted octanol–water partition coefficient (Wildman–Crippen LogP) is 5.27. The average Bonchev–Trinajstić information content (AvgIpc) is 3.57. The monoisotopic (exact) mass is 485 g/mol. The molecule has 5 rings (SSSR count). The summed E-state index contributed by atoms with van der Waals surface area (Å²) in [5.41, 5.74) is 1.02. The van der Waals surface area contributed by atoms with Crippen LogP contribution in [0.25, 0.3) is 10.9 Å². The van der Waals surface area contributed by atoms with Gasteiger partial charge in [0.15, 0.2) is 11.9 Å². The van der Waals surface area contributed by atoms with Crippen LogP contribution in [0.3, 0.4) is 0 Å². The summed E-state index contributed by atoms with van der Waals surface area (Å²) in [5.74, 6) is 0.374. The number of hydrogen-bond acceptors (Lipinski definition) is 5. The van der Waals surface area contributed by atoms with E-state index in [1.54, 1.807) is 16.8 Å². The van der Waals surface area contributed by atoms with E-state index in [4.69, 9.17) is 0 Å². The van der Waals surface area contributed by atoms with Crippen molar-refractivity contribution in [2.45, 2.75) is 63.3 Å². The molecule has 2 saturated carbocycles. The first-order valence-corrected chi connectivity index (χ1v) is 11.9. The summed E-state index contributed by atoms with van der Waals surface area (Å²) in [7, 11) is 0. The smallest absolute Gasteiger partial charge is 0.379 e. The second-order valence-electron chi connectivity index (χ2n) is 9.58. The Morgan fingerprint density at radius 3 is 2.71 bits per heavy atom. The zero-order valence-electron chi connectivity index (χ0n) is 19.0. The summed E-state index contributed by atoms with van der Waals surface area (Å²) in [6.07, 6.45) is 0.0464. The zero-order valence-corrected chi connectivity index (χ0v) is 19.0. The maximum absolute atomic E-state index is 13.2. The van der Waals surface area contributed by atoms with Crippen molar-refractivity contribution in [1.29, 1.82) is 5.26 Å². The molecule has 3 N–H and O–H groups in total. The molecule has 3 unspecified atom stereocenters. The molecular formula is C25H26F3N5O2. The minimum absolute atomic E-state index is 0.151. The number of hydrogen-bond donors (Lipinski definition) is 3. The number of alkyl halides is 3. The molecule has 2 aliphatic carbocycles. The number of nitriles is 1. The SMILES string of the molecule is N#CC1CCCCC1n1nc(Nc2ccc(C(O)C(F)(F)F)c(CC3CC3)c2)c2c(=O)[nH]ccc21. The number of pyridine rings is 1. The zero-order chi connectivity index (χ0) is 24.7. The Morgan fingerprint density at radius 1 is 1.23 bits per heavy atom. The van der Waals surface area contributed by atoms with E-state index in [1.807, 2.05) is 0 Å². The van der Waals surface area contributed by atoms with Gasteiger partial charge in [-0.1, -0.05) is 18.9 Å². The number of nitrogens with zero attached hydrogens (tertiary/aromatic N) is 3. The Morgan fingerprint density at radius 2 is 2.00 bits per heavy atom. The number of anilines is 2. The quantitative estimate of drug-likeness (QED) is 0.441. The first-order valence-electron chi connectivity index (χ1n) is 11.9. The molecule has 0 amide bonds. The maximum Gasteiger partial charge on any atom is 0.418 e. The molecule has 2 aliphatic rings. The van der Waals surface area contributed by atoms with Crippen LogP contribution in [0.5, 0.6) is 0 Å². The number of aliphatic hydroxyl groups is 1. The van der Waals surface area contributed by atoms with Crippen molar-refractivity contribution in [3.8, 4) is 6.07 Å². The molecule has 7 nitrogen and oxygen atoms in total. The lowest BCUT2D eigenvalue weighted by atomic mass is 9.85. The van der Waals surface area contributed by atoms with Gasteiger partial charge in [-0.3, -0.25) is 9.48 Å². The maximum atomic E-state index is 13.2. The Balaban J connectivity index is 1.54. The van der Waals surface area contributed by atoms with Gasteiger partial charge in [0, 0.05) is 11.9 Å². The summed E-state index contributed by atoms with van der Waals surface area (Å²) in [6, 6.07) is 8.30. The van der Waals surface area contributed by atoms with Gasteiger partial charge < -0.3 is 15.4 Å². The van der Waals surface area contributed by atoms with Crippen LogP contribution in [0, 0.1) is 23.2 Å².